The molecule has 1 rings (SSSR count). The lowest BCUT2D eigenvalue weighted by molar-refractivity contribution is -0.384. The van der Waals surface area contributed by atoms with E-state index in [9.17, 15) is 23.3 Å². The molecule has 0 heterocycles. The lowest BCUT2D eigenvalue weighted by Crippen LogP contribution is -2.14. The third-order valence-electron chi connectivity index (χ3n) is 2.44. The van der Waals surface area contributed by atoms with E-state index < -0.39 is 26.6 Å². The molecule has 0 aliphatic rings. The molecule has 0 bridgehead atoms. The number of primary sulfonamides is 1. The van der Waals surface area contributed by atoms with Crippen molar-refractivity contribution in [1.29, 1.82) is 0 Å². The Balaban J connectivity index is 2.88. The second-order valence-electron chi connectivity index (χ2n) is 3.96. The van der Waals surface area contributed by atoms with Crippen molar-refractivity contribution in [1.82, 2.24) is 0 Å². The largest absolute Gasteiger partial charge is 0.466 e. The van der Waals surface area contributed by atoms with Crippen LogP contribution in [0.1, 0.15) is 13.3 Å². The van der Waals surface area contributed by atoms with Crippen LogP contribution in [-0.2, 0) is 19.6 Å². The molecule has 0 saturated heterocycles. The van der Waals surface area contributed by atoms with Gasteiger partial charge in [-0.05, 0) is 19.1 Å². The summed E-state index contributed by atoms with van der Waals surface area (Å²) in [7, 11) is -4.02. The van der Waals surface area contributed by atoms with Crippen molar-refractivity contribution in [3.05, 3.63) is 28.3 Å². The molecule has 0 radical (unpaired) electrons. The molecule has 0 fully saturated rings. The summed E-state index contributed by atoms with van der Waals surface area (Å²) in [6.07, 6.45) is 0.0297. The summed E-state index contributed by atoms with van der Waals surface area (Å²) in [5.74, 6) is -0.436. The van der Waals surface area contributed by atoms with Gasteiger partial charge >= 0.3 is 5.97 Å². The Morgan fingerprint density at radius 3 is 2.67 bits per heavy atom. The third kappa shape index (κ3) is 5.00. The van der Waals surface area contributed by atoms with E-state index in [0.29, 0.717) is 0 Å². The van der Waals surface area contributed by atoms with E-state index in [4.69, 9.17) is 9.88 Å². The van der Waals surface area contributed by atoms with Crippen LogP contribution in [0, 0.1) is 10.1 Å². The zero-order valence-corrected chi connectivity index (χ0v) is 12.1. The fourth-order valence-electron chi connectivity index (χ4n) is 1.52. The van der Waals surface area contributed by atoms with Gasteiger partial charge in [-0.25, -0.2) is 13.6 Å². The second kappa shape index (κ2) is 6.99. The van der Waals surface area contributed by atoms with Gasteiger partial charge in [-0.2, -0.15) is 0 Å². The Hall–Kier alpha value is -2.20. The minimum Gasteiger partial charge on any atom is -0.466 e. The Bertz CT molecular complexity index is 643. The average Bonchev–Trinajstić information content (AvgIpc) is 2.37. The molecule has 0 aromatic heterocycles. The highest BCUT2D eigenvalue weighted by atomic mass is 32.2. The molecule has 1 aromatic rings. The van der Waals surface area contributed by atoms with E-state index >= 15 is 0 Å². The standard InChI is InChI=1S/C11H15N3O6S/c1-2-20-11(15)5-6-13-9-4-3-8(21(12,18)19)7-10(9)14(16)17/h3-4,7,13H,2,5-6H2,1H3,(H2,12,18,19). The summed E-state index contributed by atoms with van der Waals surface area (Å²) in [5, 5.41) is 18.5. The fraction of sp³-hybridized carbons (Fsp3) is 0.364. The zero-order chi connectivity index (χ0) is 16.0. The highest BCUT2D eigenvalue weighted by molar-refractivity contribution is 7.89. The van der Waals surface area contributed by atoms with Crippen LogP contribution in [0.25, 0.3) is 0 Å². The van der Waals surface area contributed by atoms with Gasteiger partial charge in [-0.3, -0.25) is 14.9 Å². The Morgan fingerprint density at radius 1 is 1.48 bits per heavy atom. The van der Waals surface area contributed by atoms with E-state index in [1.807, 2.05) is 0 Å². The number of nitro benzene ring substituents is 1. The van der Waals surface area contributed by atoms with Crippen molar-refractivity contribution in [2.45, 2.75) is 18.2 Å². The lowest BCUT2D eigenvalue weighted by atomic mass is 10.2. The molecular weight excluding hydrogens is 302 g/mol. The number of rotatable bonds is 7. The van der Waals surface area contributed by atoms with E-state index in [-0.39, 0.29) is 30.2 Å². The van der Waals surface area contributed by atoms with Crippen LogP contribution in [0.5, 0.6) is 0 Å². The molecular formula is C11H15N3O6S. The van der Waals surface area contributed by atoms with Crippen molar-refractivity contribution in [2.75, 3.05) is 18.5 Å². The summed E-state index contributed by atoms with van der Waals surface area (Å²) in [6.45, 7) is 2.04. The Morgan fingerprint density at radius 2 is 2.14 bits per heavy atom. The SMILES string of the molecule is CCOC(=O)CCNc1ccc(S(N)(=O)=O)cc1[N+](=O)[O-]. The van der Waals surface area contributed by atoms with Crippen LogP contribution in [0.15, 0.2) is 23.1 Å². The van der Waals surface area contributed by atoms with Gasteiger partial charge in [-0.1, -0.05) is 0 Å². The van der Waals surface area contributed by atoms with Gasteiger partial charge < -0.3 is 10.1 Å². The molecule has 0 spiro atoms. The normalized spacial score (nSPS) is 11.0. The lowest BCUT2D eigenvalue weighted by Gasteiger charge is -2.08. The number of nitrogens with one attached hydrogen (secondary N) is 1. The van der Waals surface area contributed by atoms with E-state index in [1.54, 1.807) is 6.92 Å². The van der Waals surface area contributed by atoms with Gasteiger partial charge in [0.2, 0.25) is 10.0 Å². The first-order chi connectivity index (χ1) is 9.75. The van der Waals surface area contributed by atoms with Crippen molar-refractivity contribution >= 4 is 27.4 Å². The maximum atomic E-state index is 11.2. The number of carbonyl (C=O) groups is 1. The smallest absolute Gasteiger partial charge is 0.307 e. The number of sulfonamides is 1. The molecule has 116 valence electrons. The Labute approximate surface area is 121 Å². The van der Waals surface area contributed by atoms with Crippen molar-refractivity contribution < 1.29 is 22.9 Å². The molecule has 21 heavy (non-hydrogen) atoms. The fourth-order valence-corrected chi connectivity index (χ4v) is 2.05. The first kappa shape index (κ1) is 16.9. The highest BCUT2D eigenvalue weighted by Crippen LogP contribution is 2.27. The number of ether oxygens (including phenoxy) is 1. The van der Waals surface area contributed by atoms with Crippen LogP contribution >= 0.6 is 0 Å². The Kier molecular flexibility index (Phi) is 5.61. The van der Waals surface area contributed by atoms with Crippen molar-refractivity contribution in [2.24, 2.45) is 5.14 Å². The quantitative estimate of drug-likeness (QED) is 0.426. The molecule has 0 saturated carbocycles. The molecule has 10 heteroatoms. The minimum atomic E-state index is -4.02. The predicted octanol–water partition coefficient (Wildman–Crippen LogP) is 0.607. The molecule has 0 amide bonds. The molecule has 0 aliphatic heterocycles. The molecule has 0 unspecified atom stereocenters. The first-order valence-electron chi connectivity index (χ1n) is 5.96. The van der Waals surface area contributed by atoms with Crippen LogP contribution in [-0.4, -0.2) is 32.5 Å². The number of hydrogen-bond donors (Lipinski definition) is 2. The number of nitrogens with zero attached hydrogens (tertiary/aromatic N) is 1. The summed E-state index contributed by atoms with van der Waals surface area (Å²) >= 11 is 0. The maximum Gasteiger partial charge on any atom is 0.307 e. The number of nitro groups is 1. The molecule has 0 aliphatic carbocycles. The zero-order valence-electron chi connectivity index (χ0n) is 11.2. The van der Waals surface area contributed by atoms with Crippen LogP contribution in [0.2, 0.25) is 0 Å². The number of nitrogens with two attached hydrogens (primary N) is 1. The maximum absolute atomic E-state index is 11.2. The van der Waals surface area contributed by atoms with Crippen LogP contribution < -0.4 is 10.5 Å². The highest BCUT2D eigenvalue weighted by Gasteiger charge is 2.19. The first-order valence-corrected chi connectivity index (χ1v) is 7.51. The molecule has 3 N–H and O–H groups in total. The summed E-state index contributed by atoms with van der Waals surface area (Å²) in [5.41, 5.74) is -0.345. The summed E-state index contributed by atoms with van der Waals surface area (Å²) in [4.78, 5) is 21.0. The number of anilines is 1. The number of benzene rings is 1. The van der Waals surface area contributed by atoms with Gasteiger partial charge in [0.1, 0.15) is 5.69 Å². The molecule has 1 aromatic carbocycles. The average molecular weight is 317 g/mol. The van der Waals surface area contributed by atoms with E-state index in [2.05, 4.69) is 5.32 Å². The number of carbonyl (C=O) groups excluding carboxylic acids is 1. The van der Waals surface area contributed by atoms with Gasteiger partial charge in [-0.15, -0.1) is 0 Å². The number of esters is 1. The van der Waals surface area contributed by atoms with Gasteiger partial charge in [0.15, 0.2) is 0 Å². The van der Waals surface area contributed by atoms with Crippen molar-refractivity contribution in [3.63, 3.8) is 0 Å². The second-order valence-corrected chi connectivity index (χ2v) is 5.52. The van der Waals surface area contributed by atoms with Crippen LogP contribution in [0.3, 0.4) is 0 Å². The van der Waals surface area contributed by atoms with Crippen molar-refractivity contribution in [3.8, 4) is 0 Å². The van der Waals surface area contributed by atoms with Gasteiger partial charge in [0.25, 0.3) is 5.69 Å². The van der Waals surface area contributed by atoms with E-state index in [1.165, 1.54) is 6.07 Å². The topological polar surface area (TPSA) is 142 Å². The minimum absolute atomic E-state index is 0.0297. The summed E-state index contributed by atoms with van der Waals surface area (Å²) in [6, 6.07) is 3.24. The molecule has 9 nitrogen and oxygen atoms in total. The van der Waals surface area contributed by atoms with E-state index in [0.717, 1.165) is 12.1 Å². The van der Waals surface area contributed by atoms with Crippen LogP contribution in [0.4, 0.5) is 11.4 Å². The summed E-state index contributed by atoms with van der Waals surface area (Å²) < 4.78 is 27.0. The van der Waals surface area contributed by atoms with Gasteiger partial charge in [0.05, 0.1) is 22.8 Å². The number of hydrogen-bond acceptors (Lipinski definition) is 7. The molecule has 0 atom stereocenters. The third-order valence-corrected chi connectivity index (χ3v) is 3.36. The monoisotopic (exact) mass is 317 g/mol. The predicted molar refractivity (Wildman–Crippen MR) is 74.2 cm³/mol. The van der Waals surface area contributed by atoms with Gasteiger partial charge in [0, 0.05) is 12.6 Å².